The molecule has 0 amide bonds. The third-order valence-corrected chi connectivity index (χ3v) is 6.11. The van der Waals surface area contributed by atoms with Crippen molar-refractivity contribution in [2.24, 2.45) is 0 Å². The summed E-state index contributed by atoms with van der Waals surface area (Å²) in [6, 6.07) is 6.75. The zero-order valence-corrected chi connectivity index (χ0v) is 16.1. The summed E-state index contributed by atoms with van der Waals surface area (Å²) in [5.41, 5.74) is 0.674. The lowest BCUT2D eigenvalue weighted by Crippen LogP contribution is -2.47. The van der Waals surface area contributed by atoms with Crippen LogP contribution in [0.2, 0.25) is 0 Å². The van der Waals surface area contributed by atoms with E-state index >= 15 is 0 Å². The van der Waals surface area contributed by atoms with Gasteiger partial charge in [-0.05, 0) is 56.6 Å². The van der Waals surface area contributed by atoms with Crippen molar-refractivity contribution in [3.63, 3.8) is 0 Å². The van der Waals surface area contributed by atoms with Gasteiger partial charge < -0.3 is 9.64 Å². The average molecular weight is 378 g/mol. The SMILES string of the molecule is CCCN1CCCC(NS(=O)(=O)c2cc(-n3cccn3)ccc2OC)C1. The molecule has 2 aromatic rings. The molecule has 0 radical (unpaired) electrons. The molecule has 0 spiro atoms. The Balaban J connectivity index is 1.85. The van der Waals surface area contributed by atoms with Crippen LogP contribution in [0.15, 0.2) is 41.6 Å². The summed E-state index contributed by atoms with van der Waals surface area (Å²) in [7, 11) is -2.22. The van der Waals surface area contributed by atoms with Gasteiger partial charge in [0, 0.05) is 25.0 Å². The van der Waals surface area contributed by atoms with Crippen molar-refractivity contribution < 1.29 is 13.2 Å². The van der Waals surface area contributed by atoms with E-state index in [1.54, 1.807) is 41.3 Å². The second-order valence-electron chi connectivity index (χ2n) is 6.55. The van der Waals surface area contributed by atoms with Crippen LogP contribution in [0.1, 0.15) is 26.2 Å². The van der Waals surface area contributed by atoms with Gasteiger partial charge in [-0.3, -0.25) is 0 Å². The van der Waals surface area contributed by atoms with Gasteiger partial charge >= 0.3 is 0 Å². The number of aromatic nitrogens is 2. The molecule has 8 heteroatoms. The summed E-state index contributed by atoms with van der Waals surface area (Å²) in [6.45, 7) is 4.91. The molecule has 1 atom stereocenters. The third-order valence-electron chi connectivity index (χ3n) is 4.57. The smallest absolute Gasteiger partial charge is 0.244 e. The van der Waals surface area contributed by atoms with E-state index in [4.69, 9.17) is 4.74 Å². The van der Waals surface area contributed by atoms with Gasteiger partial charge in [-0.1, -0.05) is 6.92 Å². The molecule has 2 heterocycles. The van der Waals surface area contributed by atoms with E-state index in [1.165, 1.54) is 7.11 Å². The van der Waals surface area contributed by atoms with Crippen LogP contribution in [0.4, 0.5) is 0 Å². The largest absolute Gasteiger partial charge is 0.495 e. The summed E-state index contributed by atoms with van der Waals surface area (Å²) in [6.07, 6.45) is 6.34. The second-order valence-corrected chi connectivity index (χ2v) is 8.23. The summed E-state index contributed by atoms with van der Waals surface area (Å²) in [5, 5.41) is 4.17. The number of nitrogens with one attached hydrogen (secondary N) is 1. The number of sulfonamides is 1. The van der Waals surface area contributed by atoms with E-state index in [0.29, 0.717) is 11.4 Å². The molecule has 26 heavy (non-hydrogen) atoms. The number of piperidine rings is 1. The van der Waals surface area contributed by atoms with Crippen LogP contribution in [0.25, 0.3) is 5.69 Å². The highest BCUT2D eigenvalue weighted by Gasteiger charge is 2.27. The molecule has 1 N–H and O–H groups in total. The zero-order valence-electron chi connectivity index (χ0n) is 15.3. The van der Waals surface area contributed by atoms with Gasteiger partial charge in [0.05, 0.1) is 12.8 Å². The topological polar surface area (TPSA) is 76.5 Å². The molecule has 7 nitrogen and oxygen atoms in total. The molecule has 0 bridgehead atoms. The molecule has 3 rings (SSSR count). The fourth-order valence-corrected chi connectivity index (χ4v) is 4.84. The molecule has 0 aliphatic carbocycles. The fraction of sp³-hybridized carbons (Fsp3) is 0.500. The minimum atomic E-state index is -3.70. The standard InChI is InChI=1S/C18H26N4O3S/c1-3-10-21-11-4-6-15(14-21)20-26(23,24)18-13-16(7-8-17(18)25-2)22-12-5-9-19-22/h5,7-9,12-13,15,20H,3-4,6,10-11,14H2,1-2H3. The highest BCUT2D eigenvalue weighted by atomic mass is 32.2. The maximum absolute atomic E-state index is 13.0. The Hall–Kier alpha value is -1.90. The van der Waals surface area contributed by atoms with E-state index < -0.39 is 10.0 Å². The first kappa shape index (κ1) is 18.9. The molecular weight excluding hydrogens is 352 g/mol. The third kappa shape index (κ3) is 4.25. The number of ether oxygens (including phenoxy) is 1. The van der Waals surface area contributed by atoms with Gasteiger partial charge in [0.15, 0.2) is 0 Å². The van der Waals surface area contributed by atoms with Gasteiger partial charge in [0.25, 0.3) is 0 Å². The summed E-state index contributed by atoms with van der Waals surface area (Å²) < 4.78 is 35.8. The Morgan fingerprint density at radius 2 is 2.23 bits per heavy atom. The fourth-order valence-electron chi connectivity index (χ4n) is 3.39. The highest BCUT2D eigenvalue weighted by molar-refractivity contribution is 7.89. The van der Waals surface area contributed by atoms with Crippen molar-refractivity contribution in [1.82, 2.24) is 19.4 Å². The van der Waals surface area contributed by atoms with Gasteiger partial charge in [-0.25, -0.2) is 17.8 Å². The lowest BCUT2D eigenvalue weighted by atomic mass is 10.1. The van der Waals surface area contributed by atoms with E-state index in [-0.39, 0.29) is 10.9 Å². The first-order valence-electron chi connectivity index (χ1n) is 8.96. The summed E-state index contributed by atoms with van der Waals surface area (Å²) in [5.74, 6) is 0.328. The summed E-state index contributed by atoms with van der Waals surface area (Å²) in [4.78, 5) is 2.45. The lowest BCUT2D eigenvalue weighted by molar-refractivity contribution is 0.202. The lowest BCUT2D eigenvalue weighted by Gasteiger charge is -2.32. The minimum absolute atomic E-state index is 0.0848. The predicted octanol–water partition coefficient (Wildman–Crippen LogP) is 2.03. The number of methoxy groups -OCH3 is 1. The molecule has 1 aromatic heterocycles. The van der Waals surface area contributed by atoms with Gasteiger partial charge in [0.1, 0.15) is 10.6 Å². The molecule has 142 valence electrons. The van der Waals surface area contributed by atoms with E-state index in [9.17, 15) is 8.42 Å². The number of nitrogens with zero attached hydrogens (tertiary/aromatic N) is 3. The van der Waals surface area contributed by atoms with Crippen LogP contribution in [0.3, 0.4) is 0 Å². The van der Waals surface area contributed by atoms with Crippen molar-refractivity contribution in [2.45, 2.75) is 37.1 Å². The van der Waals surface area contributed by atoms with Crippen molar-refractivity contribution in [3.05, 3.63) is 36.7 Å². The average Bonchev–Trinajstić information content (AvgIpc) is 3.16. The van der Waals surface area contributed by atoms with Crippen molar-refractivity contribution in [2.75, 3.05) is 26.7 Å². The van der Waals surface area contributed by atoms with E-state index in [2.05, 4.69) is 21.6 Å². The van der Waals surface area contributed by atoms with Gasteiger partial charge in [0.2, 0.25) is 10.0 Å². The normalized spacial score (nSPS) is 18.8. The Morgan fingerprint density at radius 1 is 1.38 bits per heavy atom. The van der Waals surface area contributed by atoms with Crippen LogP contribution >= 0.6 is 0 Å². The molecule has 1 unspecified atom stereocenters. The predicted molar refractivity (Wildman–Crippen MR) is 100 cm³/mol. The van der Waals surface area contributed by atoms with Crippen LogP contribution in [-0.4, -0.2) is 55.9 Å². The molecule has 0 saturated carbocycles. The maximum atomic E-state index is 13.0. The van der Waals surface area contributed by atoms with Gasteiger partial charge in [-0.2, -0.15) is 5.10 Å². The van der Waals surface area contributed by atoms with Crippen LogP contribution in [-0.2, 0) is 10.0 Å². The molecule has 1 aromatic carbocycles. The molecular formula is C18H26N4O3S. The Bertz CT molecular complexity index is 819. The van der Waals surface area contributed by atoms with Crippen molar-refractivity contribution >= 4 is 10.0 Å². The number of hydrogen-bond acceptors (Lipinski definition) is 5. The van der Waals surface area contributed by atoms with Crippen molar-refractivity contribution in [3.8, 4) is 11.4 Å². The summed E-state index contributed by atoms with van der Waals surface area (Å²) >= 11 is 0. The highest BCUT2D eigenvalue weighted by Crippen LogP contribution is 2.27. The number of likely N-dealkylation sites (tertiary alicyclic amines) is 1. The monoisotopic (exact) mass is 378 g/mol. The van der Waals surface area contributed by atoms with Crippen LogP contribution < -0.4 is 9.46 Å². The molecule has 1 fully saturated rings. The number of benzene rings is 1. The van der Waals surface area contributed by atoms with Crippen LogP contribution in [0, 0.1) is 0 Å². The number of rotatable bonds is 7. The Morgan fingerprint density at radius 3 is 2.92 bits per heavy atom. The molecule has 1 saturated heterocycles. The quantitative estimate of drug-likeness (QED) is 0.798. The molecule has 1 aliphatic heterocycles. The van der Waals surface area contributed by atoms with Crippen LogP contribution in [0.5, 0.6) is 5.75 Å². The Kier molecular flexibility index (Phi) is 5.95. The minimum Gasteiger partial charge on any atom is -0.495 e. The van der Waals surface area contributed by atoms with Gasteiger partial charge in [-0.15, -0.1) is 0 Å². The van der Waals surface area contributed by atoms with E-state index in [0.717, 1.165) is 38.9 Å². The van der Waals surface area contributed by atoms with Crippen molar-refractivity contribution in [1.29, 1.82) is 0 Å². The first-order chi connectivity index (χ1) is 12.5. The molecule has 1 aliphatic rings. The zero-order chi connectivity index (χ0) is 18.6. The maximum Gasteiger partial charge on any atom is 0.244 e. The Labute approximate surface area is 155 Å². The number of hydrogen-bond donors (Lipinski definition) is 1. The second kappa shape index (κ2) is 8.20. The van der Waals surface area contributed by atoms with E-state index in [1.807, 2.05) is 0 Å². The first-order valence-corrected chi connectivity index (χ1v) is 10.4.